The van der Waals surface area contributed by atoms with Gasteiger partial charge in [0, 0.05) is 28.7 Å². The van der Waals surface area contributed by atoms with Gasteiger partial charge in [0.1, 0.15) is 18.3 Å². The highest BCUT2D eigenvalue weighted by Crippen LogP contribution is 2.37. The second kappa shape index (κ2) is 15.8. The molecule has 1 saturated carbocycles. The van der Waals surface area contributed by atoms with E-state index in [9.17, 15) is 18.0 Å². The Morgan fingerprint density at radius 1 is 0.913 bits per heavy atom. The number of hydrogen-bond donors (Lipinski definition) is 1. The van der Waals surface area contributed by atoms with Gasteiger partial charge in [-0.25, -0.2) is 8.42 Å². The molecule has 0 saturated heterocycles. The summed E-state index contributed by atoms with van der Waals surface area (Å²) in [4.78, 5) is 29.3. The molecule has 1 fully saturated rings. The number of carbonyl (C=O) groups is 2. The van der Waals surface area contributed by atoms with Crippen LogP contribution in [0, 0.1) is 0 Å². The van der Waals surface area contributed by atoms with Crippen molar-refractivity contribution in [2.24, 2.45) is 0 Å². The van der Waals surface area contributed by atoms with Gasteiger partial charge < -0.3 is 24.4 Å². The number of amides is 2. The first-order valence-corrected chi connectivity index (χ1v) is 17.1. The lowest BCUT2D eigenvalue weighted by atomic mass is 10.1. The fourth-order valence-electron chi connectivity index (χ4n) is 5.57. The molecule has 0 spiro atoms. The Morgan fingerprint density at radius 2 is 1.57 bits per heavy atom. The van der Waals surface area contributed by atoms with Gasteiger partial charge >= 0.3 is 0 Å². The minimum absolute atomic E-state index is 0.0218. The molecule has 4 rings (SSSR count). The van der Waals surface area contributed by atoms with Crippen LogP contribution in [0.25, 0.3) is 0 Å². The van der Waals surface area contributed by atoms with E-state index in [4.69, 9.17) is 37.4 Å². The fourth-order valence-corrected chi connectivity index (χ4v) is 7.37. The number of halogens is 2. The number of anilines is 1. The summed E-state index contributed by atoms with van der Waals surface area (Å²) in [5.74, 6) is -0.244. The summed E-state index contributed by atoms with van der Waals surface area (Å²) in [5.41, 5.74) is 0.651. The van der Waals surface area contributed by atoms with Crippen LogP contribution < -0.4 is 23.8 Å². The highest BCUT2D eigenvalue weighted by Gasteiger charge is 2.36. The third kappa shape index (κ3) is 8.00. The van der Waals surface area contributed by atoms with Crippen molar-refractivity contribution in [1.29, 1.82) is 0 Å². The van der Waals surface area contributed by atoms with E-state index in [1.807, 2.05) is 6.92 Å². The summed E-state index contributed by atoms with van der Waals surface area (Å²) in [7, 11) is -0.237. The van der Waals surface area contributed by atoms with Gasteiger partial charge in [0.05, 0.1) is 31.9 Å². The highest BCUT2D eigenvalue weighted by molar-refractivity contribution is 7.92. The first-order chi connectivity index (χ1) is 22.0. The summed E-state index contributed by atoms with van der Waals surface area (Å²) >= 11 is 12.8. The number of nitrogens with one attached hydrogen (secondary N) is 1. The molecule has 0 aliphatic heterocycles. The Labute approximate surface area is 280 Å². The molecular weight excluding hydrogens is 653 g/mol. The van der Waals surface area contributed by atoms with Crippen LogP contribution in [-0.2, 0) is 26.2 Å². The zero-order chi connectivity index (χ0) is 33.4. The summed E-state index contributed by atoms with van der Waals surface area (Å²) in [5, 5.41) is 3.74. The largest absolute Gasteiger partial charge is 0.495 e. The lowest BCUT2D eigenvalue weighted by Gasteiger charge is -2.34. The Bertz CT molecular complexity index is 1650. The molecule has 0 radical (unpaired) electrons. The predicted molar refractivity (Wildman–Crippen MR) is 179 cm³/mol. The van der Waals surface area contributed by atoms with Gasteiger partial charge in [-0.1, -0.05) is 61.2 Å². The van der Waals surface area contributed by atoms with Crippen molar-refractivity contribution < 1.29 is 32.2 Å². The van der Waals surface area contributed by atoms with E-state index in [1.165, 1.54) is 56.6 Å². The molecule has 1 N–H and O–H groups in total. The van der Waals surface area contributed by atoms with Crippen molar-refractivity contribution in [1.82, 2.24) is 10.2 Å². The van der Waals surface area contributed by atoms with Crippen LogP contribution in [0.1, 0.15) is 44.6 Å². The molecular formula is C33H39Cl2N3O7S. The number of nitrogens with zero attached hydrogens (tertiary/aromatic N) is 2. The van der Waals surface area contributed by atoms with Crippen molar-refractivity contribution in [3.05, 3.63) is 76.3 Å². The molecule has 10 nitrogen and oxygen atoms in total. The van der Waals surface area contributed by atoms with E-state index < -0.39 is 28.5 Å². The smallest absolute Gasteiger partial charge is 0.265 e. The topological polar surface area (TPSA) is 114 Å². The summed E-state index contributed by atoms with van der Waals surface area (Å²) in [6.45, 7) is 1.11. The lowest BCUT2D eigenvalue weighted by molar-refractivity contribution is -0.140. The van der Waals surface area contributed by atoms with Crippen molar-refractivity contribution in [3.63, 3.8) is 0 Å². The van der Waals surface area contributed by atoms with Gasteiger partial charge in [-0.15, -0.1) is 0 Å². The van der Waals surface area contributed by atoms with Crippen molar-refractivity contribution in [2.45, 2.75) is 62.6 Å². The quantitative estimate of drug-likeness (QED) is 0.218. The van der Waals surface area contributed by atoms with Gasteiger partial charge in [-0.3, -0.25) is 13.9 Å². The van der Waals surface area contributed by atoms with Crippen LogP contribution in [0.4, 0.5) is 5.69 Å². The molecule has 3 aromatic rings. The first kappa shape index (κ1) is 35.2. The van der Waals surface area contributed by atoms with Crippen LogP contribution >= 0.6 is 23.2 Å². The average Bonchev–Trinajstić information content (AvgIpc) is 3.56. The molecule has 0 bridgehead atoms. The predicted octanol–water partition coefficient (Wildman–Crippen LogP) is 6.08. The van der Waals surface area contributed by atoms with Crippen LogP contribution in [0.5, 0.6) is 17.2 Å². The third-order valence-electron chi connectivity index (χ3n) is 8.02. The van der Waals surface area contributed by atoms with Gasteiger partial charge in [0.15, 0.2) is 11.5 Å². The number of sulfonamides is 1. The highest BCUT2D eigenvalue weighted by atomic mass is 35.5. The lowest BCUT2D eigenvalue weighted by Crippen LogP contribution is -2.53. The number of methoxy groups -OCH3 is 3. The van der Waals surface area contributed by atoms with Crippen LogP contribution in [0.2, 0.25) is 10.0 Å². The Balaban J connectivity index is 1.81. The van der Waals surface area contributed by atoms with E-state index in [-0.39, 0.29) is 52.0 Å². The molecule has 248 valence electrons. The minimum Gasteiger partial charge on any atom is -0.495 e. The second-order valence-corrected chi connectivity index (χ2v) is 13.6. The normalized spacial score (nSPS) is 14.0. The molecule has 3 aromatic carbocycles. The van der Waals surface area contributed by atoms with Gasteiger partial charge in [0.25, 0.3) is 10.0 Å². The van der Waals surface area contributed by atoms with Crippen LogP contribution in [0.3, 0.4) is 0 Å². The molecule has 1 aliphatic rings. The van der Waals surface area contributed by atoms with Gasteiger partial charge in [-0.2, -0.15) is 0 Å². The third-order valence-corrected chi connectivity index (χ3v) is 10.4. The molecule has 1 aliphatic carbocycles. The van der Waals surface area contributed by atoms with E-state index in [1.54, 1.807) is 30.3 Å². The van der Waals surface area contributed by atoms with Crippen molar-refractivity contribution in [2.75, 3.05) is 32.2 Å². The zero-order valence-electron chi connectivity index (χ0n) is 26.3. The Morgan fingerprint density at radius 3 is 2.20 bits per heavy atom. The van der Waals surface area contributed by atoms with Gasteiger partial charge in [-0.05, 0) is 61.2 Å². The van der Waals surface area contributed by atoms with E-state index in [2.05, 4.69) is 5.32 Å². The molecule has 1 atom stereocenters. The maximum Gasteiger partial charge on any atom is 0.265 e. The number of hydrogen-bond acceptors (Lipinski definition) is 7. The second-order valence-electron chi connectivity index (χ2n) is 10.9. The Kier molecular flexibility index (Phi) is 12.0. The fraction of sp³-hybridized carbons (Fsp3) is 0.394. The van der Waals surface area contributed by atoms with E-state index in [0.717, 1.165) is 30.0 Å². The molecule has 46 heavy (non-hydrogen) atoms. The van der Waals surface area contributed by atoms with E-state index >= 15 is 0 Å². The molecule has 0 heterocycles. The monoisotopic (exact) mass is 691 g/mol. The van der Waals surface area contributed by atoms with Crippen LogP contribution in [-0.4, -0.2) is 65.1 Å². The van der Waals surface area contributed by atoms with Gasteiger partial charge in [0.2, 0.25) is 11.8 Å². The summed E-state index contributed by atoms with van der Waals surface area (Å²) in [6, 6.07) is 14.8. The van der Waals surface area contributed by atoms with Crippen LogP contribution in [0.15, 0.2) is 65.6 Å². The Hall–Kier alpha value is -3.67. The summed E-state index contributed by atoms with van der Waals surface area (Å²) in [6.07, 6.45) is 4.07. The maximum absolute atomic E-state index is 14.4. The standard InChI is InChI=1S/C33H39Cl2N3O7S/c1-5-27(33(40)36-24-11-7-8-12-24)37(20-22-10-6-9-13-26(22)35)32(39)21-38(28-18-23(34)14-16-29(28)43-2)46(41,42)25-15-17-30(44-3)31(19-25)45-4/h6,9-10,13-19,24,27H,5,7-8,11-12,20-21H2,1-4H3,(H,36,40)/t27-/m0/s1. The van der Waals surface area contributed by atoms with E-state index in [0.29, 0.717) is 16.3 Å². The minimum atomic E-state index is -4.46. The first-order valence-electron chi connectivity index (χ1n) is 15.0. The molecule has 0 unspecified atom stereocenters. The average molecular weight is 693 g/mol. The molecule has 13 heteroatoms. The number of carbonyl (C=O) groups excluding carboxylic acids is 2. The number of rotatable bonds is 14. The SMILES string of the molecule is CC[C@@H](C(=O)NC1CCCC1)N(Cc1ccccc1Cl)C(=O)CN(c1cc(Cl)ccc1OC)S(=O)(=O)c1ccc(OC)c(OC)c1. The maximum atomic E-state index is 14.4. The molecule has 0 aromatic heterocycles. The van der Waals surface area contributed by atoms with Crippen molar-refractivity contribution in [3.8, 4) is 17.2 Å². The van der Waals surface area contributed by atoms with Crippen molar-refractivity contribution >= 4 is 50.7 Å². The summed E-state index contributed by atoms with van der Waals surface area (Å²) < 4.78 is 45.9. The number of ether oxygens (including phenoxy) is 3. The number of benzene rings is 3. The zero-order valence-corrected chi connectivity index (χ0v) is 28.6. The molecule has 2 amide bonds.